The first-order valence-corrected chi connectivity index (χ1v) is 10.3. The maximum Gasteiger partial charge on any atom is 0.282 e. The Morgan fingerprint density at radius 3 is 2.26 bits per heavy atom. The molecule has 0 N–H and O–H groups in total. The van der Waals surface area contributed by atoms with Crippen LogP contribution in [-0.2, 0) is 9.59 Å². The highest BCUT2D eigenvalue weighted by Crippen LogP contribution is 2.40. The zero-order valence-electron chi connectivity index (χ0n) is 17.7. The van der Waals surface area contributed by atoms with Gasteiger partial charge in [0.2, 0.25) is 0 Å². The number of rotatable bonds is 4. The van der Waals surface area contributed by atoms with Crippen molar-refractivity contribution in [2.24, 2.45) is 11.8 Å². The van der Waals surface area contributed by atoms with Gasteiger partial charge in [0.15, 0.2) is 11.6 Å². The molecular formula is C24H24F2N2O3. The lowest BCUT2D eigenvalue weighted by Crippen LogP contribution is -2.42. The number of amides is 2. The molecule has 2 unspecified atom stereocenters. The van der Waals surface area contributed by atoms with Gasteiger partial charge in [0, 0.05) is 24.7 Å². The lowest BCUT2D eigenvalue weighted by molar-refractivity contribution is -0.120. The van der Waals surface area contributed by atoms with E-state index in [1.165, 1.54) is 13.2 Å². The Labute approximate surface area is 179 Å². The number of imide groups is 1. The molecular weight excluding hydrogens is 402 g/mol. The Kier molecular flexibility index (Phi) is 5.52. The van der Waals surface area contributed by atoms with E-state index in [4.69, 9.17) is 4.74 Å². The molecule has 7 heteroatoms. The fraction of sp³-hybridized carbons (Fsp3) is 0.333. The normalized spacial score (nSPS) is 21.8. The van der Waals surface area contributed by atoms with Crippen LogP contribution in [0, 0.1) is 23.5 Å². The Balaban J connectivity index is 1.88. The minimum atomic E-state index is -1.12. The number of carbonyl (C=O) groups is 2. The summed E-state index contributed by atoms with van der Waals surface area (Å²) in [5, 5.41) is 0. The average Bonchev–Trinajstić information content (AvgIpc) is 2.99. The SMILES string of the molecule is COc1ccccc1C1=C(N2CC(C)CC(C)C2)C(=O)N(c2ccc(F)c(F)c2)C1=O. The first-order chi connectivity index (χ1) is 14.8. The molecule has 2 aromatic rings. The standard InChI is InChI=1S/C24H24F2N2O3/c1-14-10-15(2)13-27(12-14)22-21(17-6-4-5-7-20(17)31-3)23(29)28(24(22)30)16-8-9-18(25)19(26)11-16/h4-9,11,14-15H,10,12-13H2,1-3H3. The Hall–Kier alpha value is -3.22. The fourth-order valence-electron chi connectivity index (χ4n) is 4.61. The molecule has 2 aliphatic heterocycles. The van der Waals surface area contributed by atoms with Gasteiger partial charge in [-0.2, -0.15) is 0 Å². The molecule has 2 atom stereocenters. The fourth-order valence-corrected chi connectivity index (χ4v) is 4.61. The Morgan fingerprint density at radius 2 is 1.61 bits per heavy atom. The summed E-state index contributed by atoms with van der Waals surface area (Å²) < 4.78 is 32.8. The molecule has 4 rings (SSSR count). The largest absolute Gasteiger partial charge is 0.496 e. The molecule has 2 aliphatic rings. The first kappa shape index (κ1) is 21.0. The number of methoxy groups -OCH3 is 1. The number of likely N-dealkylation sites (tertiary alicyclic amines) is 1. The third-order valence-corrected chi connectivity index (χ3v) is 5.78. The molecule has 0 radical (unpaired) electrons. The summed E-state index contributed by atoms with van der Waals surface area (Å²) in [5.41, 5.74) is 0.981. The summed E-state index contributed by atoms with van der Waals surface area (Å²) in [5.74, 6) is -2.14. The molecule has 1 saturated heterocycles. The van der Waals surface area contributed by atoms with Crippen LogP contribution in [0.5, 0.6) is 5.75 Å². The van der Waals surface area contributed by atoms with Gasteiger partial charge >= 0.3 is 0 Å². The smallest absolute Gasteiger partial charge is 0.282 e. The van der Waals surface area contributed by atoms with Gasteiger partial charge in [-0.15, -0.1) is 0 Å². The molecule has 2 aromatic carbocycles. The van der Waals surface area contributed by atoms with Gasteiger partial charge in [0.25, 0.3) is 11.8 Å². The predicted molar refractivity (Wildman–Crippen MR) is 113 cm³/mol. The van der Waals surface area contributed by atoms with Crippen molar-refractivity contribution in [2.75, 3.05) is 25.1 Å². The summed E-state index contributed by atoms with van der Waals surface area (Å²) in [4.78, 5) is 30.0. The average molecular weight is 426 g/mol. The van der Waals surface area contributed by atoms with Crippen molar-refractivity contribution < 1.29 is 23.1 Å². The van der Waals surface area contributed by atoms with Crippen molar-refractivity contribution in [2.45, 2.75) is 20.3 Å². The molecule has 0 aromatic heterocycles. The van der Waals surface area contributed by atoms with Crippen LogP contribution >= 0.6 is 0 Å². The number of carbonyl (C=O) groups excluding carboxylic acids is 2. The number of hydrogen-bond donors (Lipinski definition) is 0. The Morgan fingerprint density at radius 1 is 0.935 bits per heavy atom. The van der Waals surface area contributed by atoms with E-state index in [1.807, 2.05) is 4.90 Å². The zero-order chi connectivity index (χ0) is 22.3. The van der Waals surface area contributed by atoms with Crippen LogP contribution in [0.3, 0.4) is 0 Å². The number of para-hydroxylation sites is 1. The molecule has 0 spiro atoms. The van der Waals surface area contributed by atoms with Crippen molar-refractivity contribution >= 4 is 23.1 Å². The molecule has 5 nitrogen and oxygen atoms in total. The maximum atomic E-state index is 13.9. The number of halogens is 2. The third-order valence-electron chi connectivity index (χ3n) is 5.78. The van der Waals surface area contributed by atoms with Crippen molar-refractivity contribution in [3.63, 3.8) is 0 Å². The van der Waals surface area contributed by atoms with E-state index in [2.05, 4.69) is 13.8 Å². The van der Waals surface area contributed by atoms with Crippen molar-refractivity contribution in [3.05, 3.63) is 65.4 Å². The van der Waals surface area contributed by atoms with Crippen LogP contribution in [0.4, 0.5) is 14.5 Å². The lowest BCUT2D eigenvalue weighted by Gasteiger charge is -2.37. The number of anilines is 1. The van der Waals surface area contributed by atoms with Crippen LogP contribution in [0.2, 0.25) is 0 Å². The van der Waals surface area contributed by atoms with Gasteiger partial charge < -0.3 is 9.64 Å². The highest BCUT2D eigenvalue weighted by atomic mass is 19.2. The molecule has 0 saturated carbocycles. The molecule has 31 heavy (non-hydrogen) atoms. The second kappa shape index (κ2) is 8.13. The van der Waals surface area contributed by atoms with E-state index in [1.54, 1.807) is 24.3 Å². The number of hydrogen-bond acceptors (Lipinski definition) is 4. The van der Waals surface area contributed by atoms with E-state index in [9.17, 15) is 18.4 Å². The number of nitrogens with zero attached hydrogens (tertiary/aromatic N) is 2. The predicted octanol–water partition coefficient (Wildman–Crippen LogP) is 4.24. The first-order valence-electron chi connectivity index (χ1n) is 10.3. The van der Waals surface area contributed by atoms with E-state index in [-0.39, 0.29) is 17.0 Å². The molecule has 2 heterocycles. The van der Waals surface area contributed by atoms with Crippen molar-refractivity contribution in [1.29, 1.82) is 0 Å². The molecule has 2 amide bonds. The van der Waals surface area contributed by atoms with E-state index < -0.39 is 23.4 Å². The van der Waals surface area contributed by atoms with Crippen LogP contribution in [0.1, 0.15) is 25.8 Å². The number of benzene rings is 2. The van der Waals surface area contributed by atoms with Crippen LogP contribution in [0.15, 0.2) is 48.2 Å². The highest BCUT2D eigenvalue weighted by molar-refractivity contribution is 6.45. The van der Waals surface area contributed by atoms with Gasteiger partial charge in [0.1, 0.15) is 11.4 Å². The van der Waals surface area contributed by atoms with Gasteiger partial charge in [-0.05, 0) is 36.5 Å². The van der Waals surface area contributed by atoms with E-state index >= 15 is 0 Å². The van der Waals surface area contributed by atoms with Gasteiger partial charge in [-0.3, -0.25) is 9.59 Å². The molecule has 0 aliphatic carbocycles. The summed E-state index contributed by atoms with van der Waals surface area (Å²) in [6, 6.07) is 10.0. The summed E-state index contributed by atoms with van der Waals surface area (Å²) in [6.45, 7) is 5.48. The van der Waals surface area contributed by atoms with Crippen molar-refractivity contribution in [1.82, 2.24) is 4.90 Å². The minimum absolute atomic E-state index is 0.00518. The quantitative estimate of drug-likeness (QED) is 0.687. The summed E-state index contributed by atoms with van der Waals surface area (Å²) in [7, 11) is 1.50. The number of ether oxygens (including phenoxy) is 1. The van der Waals surface area contributed by atoms with Crippen LogP contribution < -0.4 is 9.64 Å². The topological polar surface area (TPSA) is 49.9 Å². The zero-order valence-corrected chi connectivity index (χ0v) is 17.7. The molecule has 162 valence electrons. The van der Waals surface area contributed by atoms with Crippen LogP contribution in [0.25, 0.3) is 5.57 Å². The van der Waals surface area contributed by atoms with Crippen molar-refractivity contribution in [3.8, 4) is 5.75 Å². The lowest BCUT2D eigenvalue weighted by atomic mass is 9.91. The molecule has 0 bridgehead atoms. The maximum absolute atomic E-state index is 13.9. The van der Waals surface area contributed by atoms with E-state index in [0.717, 1.165) is 23.5 Å². The second-order valence-electron chi connectivity index (χ2n) is 8.32. The van der Waals surface area contributed by atoms with Gasteiger partial charge in [-0.1, -0.05) is 32.0 Å². The Bertz CT molecular complexity index is 1070. The highest BCUT2D eigenvalue weighted by Gasteiger charge is 2.44. The number of piperidine rings is 1. The summed E-state index contributed by atoms with van der Waals surface area (Å²) >= 11 is 0. The second-order valence-corrected chi connectivity index (χ2v) is 8.32. The van der Waals surface area contributed by atoms with E-state index in [0.29, 0.717) is 36.2 Å². The monoisotopic (exact) mass is 426 g/mol. The van der Waals surface area contributed by atoms with Crippen LogP contribution in [-0.4, -0.2) is 36.9 Å². The minimum Gasteiger partial charge on any atom is -0.496 e. The third kappa shape index (κ3) is 3.69. The van der Waals surface area contributed by atoms with Gasteiger partial charge in [-0.25, -0.2) is 13.7 Å². The van der Waals surface area contributed by atoms with Gasteiger partial charge in [0.05, 0.1) is 18.4 Å². The molecule has 1 fully saturated rings. The summed E-state index contributed by atoms with van der Waals surface area (Å²) in [6.07, 6.45) is 1.03.